The third kappa shape index (κ3) is 2.62. The molecule has 0 amide bonds. The highest BCUT2D eigenvalue weighted by Gasteiger charge is 2.18. The van der Waals surface area contributed by atoms with Crippen molar-refractivity contribution < 1.29 is 0 Å². The Morgan fingerprint density at radius 3 is 3.05 bits per heavy atom. The number of alkyl halides is 1. The van der Waals surface area contributed by atoms with Gasteiger partial charge < -0.3 is 5.32 Å². The van der Waals surface area contributed by atoms with Crippen LogP contribution in [0.4, 0.5) is 0 Å². The maximum absolute atomic E-state index is 12.6. The fourth-order valence-electron chi connectivity index (χ4n) is 2.66. The molecule has 106 valence electrons. The summed E-state index contributed by atoms with van der Waals surface area (Å²) in [6.45, 7) is 1.66. The van der Waals surface area contributed by atoms with Crippen LogP contribution in [0.3, 0.4) is 0 Å². The van der Waals surface area contributed by atoms with Gasteiger partial charge in [-0.1, -0.05) is 15.9 Å². The summed E-state index contributed by atoms with van der Waals surface area (Å²) in [4.78, 5) is 17.2. The molecular formula is C14H15BrClN3O. The normalized spacial score (nSPS) is 18.8. The van der Waals surface area contributed by atoms with Crippen LogP contribution in [-0.4, -0.2) is 22.1 Å². The summed E-state index contributed by atoms with van der Waals surface area (Å²) in [5.74, 6) is 0.876. The minimum Gasteiger partial charge on any atom is -0.312 e. The Hall–Kier alpha value is -0.910. The zero-order chi connectivity index (χ0) is 14.1. The molecular weight excluding hydrogens is 342 g/mol. The molecule has 6 heteroatoms. The van der Waals surface area contributed by atoms with Gasteiger partial charge in [-0.05, 0) is 37.6 Å². The first-order valence-electron chi connectivity index (χ1n) is 6.67. The molecule has 1 aromatic carbocycles. The van der Waals surface area contributed by atoms with Gasteiger partial charge in [-0.3, -0.25) is 9.36 Å². The second kappa shape index (κ2) is 5.84. The molecule has 1 fully saturated rings. The minimum absolute atomic E-state index is 0.00755. The molecule has 4 nitrogen and oxygen atoms in total. The van der Waals surface area contributed by atoms with Gasteiger partial charge in [0.15, 0.2) is 0 Å². The lowest BCUT2D eigenvalue weighted by Crippen LogP contribution is -2.34. The van der Waals surface area contributed by atoms with Gasteiger partial charge in [0, 0.05) is 17.1 Å². The van der Waals surface area contributed by atoms with Crippen LogP contribution in [-0.2, 0) is 12.4 Å². The molecule has 0 bridgehead atoms. The van der Waals surface area contributed by atoms with Crippen molar-refractivity contribution >= 4 is 38.4 Å². The van der Waals surface area contributed by atoms with Gasteiger partial charge in [-0.25, -0.2) is 4.98 Å². The van der Waals surface area contributed by atoms with Crippen molar-refractivity contribution in [1.82, 2.24) is 14.9 Å². The number of rotatable bonds is 3. The van der Waals surface area contributed by atoms with Crippen LogP contribution in [0, 0.1) is 0 Å². The quantitative estimate of drug-likeness (QED) is 0.860. The highest BCUT2D eigenvalue weighted by molar-refractivity contribution is 9.10. The van der Waals surface area contributed by atoms with E-state index in [0.717, 1.165) is 23.9 Å². The van der Waals surface area contributed by atoms with Crippen LogP contribution in [0.2, 0.25) is 0 Å². The molecule has 2 heterocycles. The molecule has 0 spiro atoms. The van der Waals surface area contributed by atoms with Gasteiger partial charge in [-0.2, -0.15) is 0 Å². The van der Waals surface area contributed by atoms with Crippen LogP contribution in [0.25, 0.3) is 10.9 Å². The summed E-state index contributed by atoms with van der Waals surface area (Å²) < 4.78 is 2.62. The summed E-state index contributed by atoms with van der Waals surface area (Å²) in [5, 5.41) is 4.04. The largest absolute Gasteiger partial charge is 0.312 e. The smallest absolute Gasteiger partial charge is 0.261 e. The van der Waals surface area contributed by atoms with E-state index < -0.39 is 0 Å². The topological polar surface area (TPSA) is 46.9 Å². The Morgan fingerprint density at radius 1 is 1.50 bits per heavy atom. The van der Waals surface area contributed by atoms with E-state index in [1.165, 1.54) is 0 Å². The van der Waals surface area contributed by atoms with E-state index >= 15 is 0 Å². The predicted octanol–water partition coefficient (Wildman–Crippen LogP) is 2.65. The van der Waals surface area contributed by atoms with Gasteiger partial charge in [0.05, 0.1) is 16.8 Å². The first-order chi connectivity index (χ1) is 9.69. The predicted molar refractivity (Wildman–Crippen MR) is 84.3 cm³/mol. The molecule has 1 unspecified atom stereocenters. The van der Waals surface area contributed by atoms with Crippen LogP contribution in [0.1, 0.15) is 18.7 Å². The summed E-state index contributed by atoms with van der Waals surface area (Å²) in [5.41, 5.74) is 0.683. The van der Waals surface area contributed by atoms with Crippen LogP contribution >= 0.6 is 27.5 Å². The minimum atomic E-state index is -0.00755. The first kappa shape index (κ1) is 14.0. The molecule has 0 radical (unpaired) electrons. The van der Waals surface area contributed by atoms with Crippen molar-refractivity contribution in [3.63, 3.8) is 0 Å². The molecule has 3 rings (SSSR count). The number of fused-ring (bicyclic) bond motifs is 1. The van der Waals surface area contributed by atoms with Crippen molar-refractivity contribution in [3.05, 3.63) is 38.9 Å². The Kier molecular flexibility index (Phi) is 4.10. The van der Waals surface area contributed by atoms with E-state index in [1.807, 2.05) is 18.2 Å². The van der Waals surface area contributed by atoms with Crippen molar-refractivity contribution in [2.75, 3.05) is 6.54 Å². The molecule has 2 aromatic rings. The molecule has 0 saturated carbocycles. The Morgan fingerprint density at radius 2 is 2.35 bits per heavy atom. The molecule has 1 saturated heterocycles. The fraction of sp³-hybridized carbons (Fsp3) is 0.429. The van der Waals surface area contributed by atoms with Crippen molar-refractivity contribution in [3.8, 4) is 0 Å². The second-order valence-electron chi connectivity index (χ2n) is 5.03. The summed E-state index contributed by atoms with van der Waals surface area (Å²) in [6.07, 6.45) is 2.25. The zero-order valence-corrected chi connectivity index (χ0v) is 13.2. The first-order valence-corrected chi connectivity index (χ1v) is 8.00. The number of halogens is 2. The number of aromatic nitrogens is 2. The molecule has 0 aliphatic carbocycles. The summed E-state index contributed by atoms with van der Waals surface area (Å²) in [6, 6.07) is 5.87. The van der Waals surface area contributed by atoms with E-state index in [1.54, 1.807) is 4.57 Å². The Bertz CT molecular complexity index is 695. The number of hydrogen-bond acceptors (Lipinski definition) is 3. The third-order valence-corrected chi connectivity index (χ3v) is 4.41. The fourth-order valence-corrected chi connectivity index (χ4v) is 3.22. The van der Waals surface area contributed by atoms with Crippen LogP contribution in [0.15, 0.2) is 27.5 Å². The number of nitrogens with one attached hydrogen (secondary N) is 1. The maximum atomic E-state index is 12.6. The zero-order valence-electron chi connectivity index (χ0n) is 10.9. The van der Waals surface area contributed by atoms with Gasteiger partial charge in [0.1, 0.15) is 5.82 Å². The average Bonchev–Trinajstić information content (AvgIpc) is 2.94. The van der Waals surface area contributed by atoms with Crippen LogP contribution < -0.4 is 10.9 Å². The van der Waals surface area contributed by atoms with E-state index in [0.29, 0.717) is 29.3 Å². The lowest BCUT2D eigenvalue weighted by atomic mass is 10.2. The molecule has 1 N–H and O–H groups in total. The van der Waals surface area contributed by atoms with Gasteiger partial charge in [0.25, 0.3) is 5.56 Å². The lowest BCUT2D eigenvalue weighted by Gasteiger charge is -2.16. The molecule has 1 aromatic heterocycles. The highest BCUT2D eigenvalue weighted by Crippen LogP contribution is 2.17. The Labute approximate surface area is 130 Å². The van der Waals surface area contributed by atoms with E-state index in [4.69, 9.17) is 11.6 Å². The Balaban J connectivity index is 2.11. The van der Waals surface area contributed by atoms with E-state index in [9.17, 15) is 4.79 Å². The molecule has 1 atom stereocenters. The van der Waals surface area contributed by atoms with Gasteiger partial charge in [-0.15, -0.1) is 11.6 Å². The van der Waals surface area contributed by atoms with Gasteiger partial charge >= 0.3 is 0 Å². The van der Waals surface area contributed by atoms with Crippen molar-refractivity contribution in [1.29, 1.82) is 0 Å². The van der Waals surface area contributed by atoms with Crippen LogP contribution in [0.5, 0.6) is 0 Å². The summed E-state index contributed by atoms with van der Waals surface area (Å²) >= 11 is 9.38. The third-order valence-electron chi connectivity index (χ3n) is 3.68. The average molecular weight is 357 g/mol. The number of nitrogens with zero attached hydrogens (tertiary/aromatic N) is 2. The highest BCUT2D eigenvalue weighted by atomic mass is 79.9. The van der Waals surface area contributed by atoms with Crippen molar-refractivity contribution in [2.45, 2.75) is 31.3 Å². The molecule has 1 aliphatic heterocycles. The van der Waals surface area contributed by atoms with E-state index in [-0.39, 0.29) is 11.4 Å². The maximum Gasteiger partial charge on any atom is 0.261 e. The lowest BCUT2D eigenvalue weighted by molar-refractivity contribution is 0.487. The monoisotopic (exact) mass is 355 g/mol. The number of hydrogen-bond donors (Lipinski definition) is 1. The molecule has 1 aliphatic rings. The SMILES string of the molecule is O=c1c2ccc(Br)cc2nc(CCl)n1CC1CCCN1. The summed E-state index contributed by atoms with van der Waals surface area (Å²) in [7, 11) is 0. The standard InChI is InChI=1S/C14H15BrClN3O/c15-9-3-4-11-12(6-9)18-13(7-16)19(14(11)20)8-10-2-1-5-17-10/h3-4,6,10,17H,1-2,5,7-8H2. The van der Waals surface area contributed by atoms with E-state index in [2.05, 4.69) is 26.2 Å². The second-order valence-corrected chi connectivity index (χ2v) is 6.22. The molecule has 20 heavy (non-hydrogen) atoms. The van der Waals surface area contributed by atoms with Gasteiger partial charge in [0.2, 0.25) is 0 Å². The van der Waals surface area contributed by atoms with Crippen molar-refractivity contribution in [2.24, 2.45) is 0 Å². The number of benzene rings is 1.